The molecule has 0 aliphatic carbocycles. The van der Waals surface area contributed by atoms with E-state index in [0.29, 0.717) is 11.9 Å². The molecule has 2 N–H and O–H groups in total. The zero-order valence-electron chi connectivity index (χ0n) is 7.40. The third-order valence-electron chi connectivity index (χ3n) is 1.55. The zero-order chi connectivity index (χ0) is 8.27. The zero-order valence-corrected chi connectivity index (χ0v) is 7.40. The minimum atomic E-state index is 0. The molecule has 3 nitrogen and oxygen atoms in total. The standard InChI is InChI=1S/C9H9BO.2H2O/c1-2-9(11)7-3-5-8(10)6-4-7;;/h3-6H,2H2,1H3;2*1H2/q+2;;/p-2. The van der Waals surface area contributed by atoms with Gasteiger partial charge in [-0.1, -0.05) is 0 Å². The van der Waals surface area contributed by atoms with E-state index < -0.39 is 0 Å². The van der Waals surface area contributed by atoms with E-state index in [-0.39, 0.29) is 16.7 Å². The van der Waals surface area contributed by atoms with Gasteiger partial charge in [0.15, 0.2) is 0 Å². The molecule has 0 atom stereocenters. The van der Waals surface area contributed by atoms with Crippen molar-refractivity contribution in [1.82, 2.24) is 0 Å². The smallest absolute Gasteiger partial charge is 0.870 e. The normalized spacial score (nSPS) is 8.23. The van der Waals surface area contributed by atoms with Crippen LogP contribution < -0.4 is 5.46 Å². The summed E-state index contributed by atoms with van der Waals surface area (Å²) in [6, 6.07) is 6.98. The second-order valence-corrected chi connectivity index (χ2v) is 2.40. The van der Waals surface area contributed by atoms with Crippen LogP contribution in [-0.2, 0) is 0 Å². The summed E-state index contributed by atoms with van der Waals surface area (Å²) in [5.41, 5.74) is 1.43. The van der Waals surface area contributed by atoms with Crippen LogP contribution in [0.4, 0.5) is 0 Å². The molecule has 0 fully saturated rings. The van der Waals surface area contributed by atoms with Crippen molar-refractivity contribution in [3.63, 3.8) is 0 Å². The molecule has 68 valence electrons. The van der Waals surface area contributed by atoms with Gasteiger partial charge in [0, 0.05) is 0 Å². The van der Waals surface area contributed by atoms with E-state index in [2.05, 4.69) is 0 Å². The molecule has 0 aliphatic heterocycles. The van der Waals surface area contributed by atoms with E-state index in [1.54, 1.807) is 24.3 Å². The van der Waals surface area contributed by atoms with Gasteiger partial charge in [0.05, 0.1) is 0 Å². The molecule has 4 heteroatoms. The number of rotatable bonds is 2. The maximum absolute atomic E-state index is 11.1. The third-order valence-corrected chi connectivity index (χ3v) is 1.55. The minimum absolute atomic E-state index is 0. The predicted octanol–water partition coefficient (Wildman–Crippen LogP) is 0.720. The van der Waals surface area contributed by atoms with Gasteiger partial charge in [0.25, 0.3) is 0 Å². The van der Waals surface area contributed by atoms with Gasteiger partial charge in [-0.25, -0.2) is 0 Å². The van der Waals surface area contributed by atoms with Crippen LogP contribution in [0.5, 0.6) is 0 Å². The number of carbonyl (C=O) groups excluding carboxylic acids is 1. The monoisotopic (exact) mass is 178 g/mol. The average Bonchev–Trinajstić information content (AvgIpc) is 2.05. The van der Waals surface area contributed by atoms with E-state index >= 15 is 0 Å². The number of hydrogen-bond acceptors (Lipinski definition) is 3. The summed E-state index contributed by atoms with van der Waals surface area (Å²) in [5, 5.41) is 0. The first kappa shape index (κ1) is 14.4. The number of benzene rings is 1. The van der Waals surface area contributed by atoms with Gasteiger partial charge in [-0.2, -0.15) is 0 Å². The fraction of sp³-hybridized carbons (Fsp3) is 0.222. The first-order valence-corrected chi connectivity index (χ1v) is 3.62. The molecule has 0 saturated carbocycles. The summed E-state index contributed by atoms with van der Waals surface area (Å²) in [6.45, 7) is 1.85. The molecule has 0 bridgehead atoms. The molecule has 1 aromatic carbocycles. The Morgan fingerprint density at radius 3 is 2.08 bits per heavy atom. The Bertz CT molecular complexity index is 256. The summed E-state index contributed by atoms with van der Waals surface area (Å²) in [7, 11) is 5.46. The van der Waals surface area contributed by atoms with Crippen molar-refractivity contribution in [2.75, 3.05) is 0 Å². The molecule has 0 saturated heterocycles. The van der Waals surface area contributed by atoms with Gasteiger partial charge in [-0.3, -0.25) is 0 Å². The molecule has 0 spiro atoms. The van der Waals surface area contributed by atoms with Crippen molar-refractivity contribution >= 4 is 19.1 Å². The molecule has 0 unspecified atom stereocenters. The Labute approximate surface area is 78.8 Å². The van der Waals surface area contributed by atoms with Crippen LogP contribution in [0.3, 0.4) is 0 Å². The minimum Gasteiger partial charge on any atom is -0.870 e. The van der Waals surface area contributed by atoms with Gasteiger partial charge in [0.2, 0.25) is 0 Å². The SMILES string of the molecule is [B+2]c1ccc(C(=O)CC)cc1.[OH-].[OH-]. The maximum Gasteiger partial charge on any atom is -0.870 e. The molecular formula is C9H11BO3. The fourth-order valence-corrected chi connectivity index (χ4v) is 0.873. The predicted molar refractivity (Wildman–Crippen MR) is 50.3 cm³/mol. The van der Waals surface area contributed by atoms with Crippen molar-refractivity contribution in [2.24, 2.45) is 0 Å². The number of ketones is 1. The molecule has 0 amide bonds. The van der Waals surface area contributed by atoms with E-state index in [1.165, 1.54) is 0 Å². The topological polar surface area (TPSA) is 77.1 Å². The molecule has 13 heavy (non-hydrogen) atoms. The van der Waals surface area contributed by atoms with E-state index in [1.807, 2.05) is 6.92 Å². The second kappa shape index (κ2) is 6.40. The number of hydrogen-bond donors (Lipinski definition) is 0. The van der Waals surface area contributed by atoms with Gasteiger partial charge in [-0.15, -0.1) is 0 Å². The molecule has 0 aromatic heterocycles. The quantitative estimate of drug-likeness (QED) is 0.494. The molecule has 0 aliphatic rings. The van der Waals surface area contributed by atoms with Gasteiger partial charge in [0.1, 0.15) is 0 Å². The van der Waals surface area contributed by atoms with Gasteiger partial charge < -0.3 is 11.0 Å². The Hall–Kier alpha value is -1.13. The maximum atomic E-state index is 11.1. The number of Topliss-reactive ketones (excluding diaryl/α,β-unsaturated/α-hetero) is 1. The van der Waals surface area contributed by atoms with Crippen LogP contribution in [0.1, 0.15) is 23.7 Å². The molecular weight excluding hydrogens is 167 g/mol. The average molecular weight is 178 g/mol. The molecule has 0 radical (unpaired) electrons. The first-order chi connectivity index (χ1) is 5.24. The first-order valence-electron chi connectivity index (χ1n) is 3.62. The second-order valence-electron chi connectivity index (χ2n) is 2.40. The van der Waals surface area contributed by atoms with Crippen LogP contribution in [0.25, 0.3) is 0 Å². The van der Waals surface area contributed by atoms with Gasteiger partial charge >= 0.3 is 67.1 Å². The Kier molecular flexibility index (Phi) is 7.09. The molecule has 1 rings (SSSR count). The summed E-state index contributed by atoms with van der Waals surface area (Å²) < 4.78 is 0. The van der Waals surface area contributed by atoms with Crippen LogP contribution in [0, 0.1) is 0 Å². The van der Waals surface area contributed by atoms with Crippen molar-refractivity contribution < 1.29 is 15.7 Å². The Morgan fingerprint density at radius 1 is 1.23 bits per heavy atom. The van der Waals surface area contributed by atoms with Crippen molar-refractivity contribution in [3.05, 3.63) is 29.8 Å². The van der Waals surface area contributed by atoms with Crippen LogP contribution in [0.15, 0.2) is 24.3 Å². The van der Waals surface area contributed by atoms with Crippen molar-refractivity contribution in [3.8, 4) is 0 Å². The summed E-state index contributed by atoms with van der Waals surface area (Å²) in [6.07, 6.45) is 0.546. The molecule has 0 heterocycles. The number of carbonyl (C=O) groups is 1. The van der Waals surface area contributed by atoms with Crippen LogP contribution in [0.2, 0.25) is 0 Å². The van der Waals surface area contributed by atoms with Crippen LogP contribution >= 0.6 is 0 Å². The summed E-state index contributed by atoms with van der Waals surface area (Å²) in [5.74, 6) is 0.157. The van der Waals surface area contributed by atoms with E-state index in [4.69, 9.17) is 7.85 Å². The van der Waals surface area contributed by atoms with Crippen LogP contribution in [-0.4, -0.2) is 24.6 Å². The summed E-state index contributed by atoms with van der Waals surface area (Å²) in [4.78, 5) is 11.1. The third kappa shape index (κ3) is 3.87. The largest absolute Gasteiger partial charge is 0.870 e. The van der Waals surface area contributed by atoms with Crippen molar-refractivity contribution in [2.45, 2.75) is 13.3 Å². The fourth-order valence-electron chi connectivity index (χ4n) is 0.873. The van der Waals surface area contributed by atoms with E-state index in [9.17, 15) is 4.79 Å². The Balaban J connectivity index is 0. The van der Waals surface area contributed by atoms with Gasteiger partial charge in [-0.05, 0) is 0 Å². The van der Waals surface area contributed by atoms with Crippen molar-refractivity contribution in [1.29, 1.82) is 0 Å². The van der Waals surface area contributed by atoms with E-state index in [0.717, 1.165) is 5.56 Å². The molecule has 1 aromatic rings. The summed E-state index contributed by atoms with van der Waals surface area (Å²) >= 11 is 0. The Morgan fingerprint density at radius 2 is 1.69 bits per heavy atom.